The maximum atomic E-state index is 11.6. The minimum Gasteiger partial charge on any atom is -0.315 e. The van der Waals surface area contributed by atoms with Gasteiger partial charge in [0.1, 0.15) is 0 Å². The molecule has 0 aliphatic rings. The zero-order chi connectivity index (χ0) is 10.4. The quantitative estimate of drug-likeness (QED) is 0.681. The summed E-state index contributed by atoms with van der Waals surface area (Å²) in [5.41, 5.74) is 0.0887. The summed E-state index contributed by atoms with van der Waals surface area (Å²) < 4.78 is 3.45. The summed E-state index contributed by atoms with van der Waals surface area (Å²) in [5.74, 6) is 0. The highest BCUT2D eigenvalue weighted by molar-refractivity contribution is 4.81. The number of hydrogen-bond donors (Lipinski definition) is 1. The van der Waals surface area contributed by atoms with Gasteiger partial charge in [0.15, 0.2) is 0 Å². The predicted molar refractivity (Wildman–Crippen MR) is 57.5 cm³/mol. The molecule has 4 heteroatoms. The van der Waals surface area contributed by atoms with Crippen LogP contribution in [0.5, 0.6) is 0 Å². The topological polar surface area (TPSA) is 39.0 Å². The Hall–Kier alpha value is -1.03. The largest absolute Gasteiger partial charge is 0.328 e. The molecule has 1 heterocycles. The minimum atomic E-state index is 0.0887. The summed E-state index contributed by atoms with van der Waals surface area (Å²) in [6.45, 7) is 7.48. The van der Waals surface area contributed by atoms with Gasteiger partial charge in [0.05, 0.1) is 0 Å². The monoisotopic (exact) mass is 197 g/mol. The number of nitrogens with one attached hydrogen (secondary N) is 1. The van der Waals surface area contributed by atoms with Crippen LogP contribution in [0.1, 0.15) is 20.3 Å². The van der Waals surface area contributed by atoms with Crippen LogP contribution in [0.3, 0.4) is 0 Å². The van der Waals surface area contributed by atoms with E-state index in [0.717, 1.165) is 32.6 Å². The van der Waals surface area contributed by atoms with Crippen LogP contribution < -0.4 is 11.0 Å². The Kier molecular flexibility index (Phi) is 4.46. The second kappa shape index (κ2) is 5.65. The summed E-state index contributed by atoms with van der Waals surface area (Å²) in [6.07, 6.45) is 4.81. The Morgan fingerprint density at radius 1 is 1.21 bits per heavy atom. The second-order valence-electron chi connectivity index (χ2n) is 3.31. The normalized spacial score (nSPS) is 10.7. The minimum absolute atomic E-state index is 0.0887. The highest BCUT2D eigenvalue weighted by Crippen LogP contribution is 1.84. The molecule has 80 valence electrons. The van der Waals surface area contributed by atoms with E-state index in [9.17, 15) is 4.79 Å². The van der Waals surface area contributed by atoms with Gasteiger partial charge < -0.3 is 5.32 Å². The van der Waals surface area contributed by atoms with E-state index in [0.29, 0.717) is 0 Å². The van der Waals surface area contributed by atoms with Gasteiger partial charge in [0, 0.05) is 32.0 Å². The van der Waals surface area contributed by atoms with Gasteiger partial charge in [0.25, 0.3) is 0 Å². The molecule has 0 spiro atoms. The molecule has 1 rings (SSSR count). The fraction of sp³-hybridized carbons (Fsp3) is 0.700. The highest BCUT2D eigenvalue weighted by atomic mass is 16.1. The lowest BCUT2D eigenvalue weighted by Crippen LogP contribution is -2.28. The van der Waals surface area contributed by atoms with Gasteiger partial charge >= 0.3 is 5.69 Å². The average molecular weight is 197 g/mol. The summed E-state index contributed by atoms with van der Waals surface area (Å²) in [5, 5.41) is 3.27. The molecule has 0 radical (unpaired) electrons. The van der Waals surface area contributed by atoms with E-state index in [1.165, 1.54) is 0 Å². The van der Waals surface area contributed by atoms with Crippen LogP contribution in [0, 0.1) is 0 Å². The molecule has 14 heavy (non-hydrogen) atoms. The number of hydrogen-bond acceptors (Lipinski definition) is 2. The Morgan fingerprint density at radius 3 is 2.50 bits per heavy atom. The van der Waals surface area contributed by atoms with Crippen molar-refractivity contribution in [1.82, 2.24) is 14.5 Å². The zero-order valence-corrected chi connectivity index (χ0v) is 8.99. The van der Waals surface area contributed by atoms with Gasteiger partial charge in [-0.1, -0.05) is 6.92 Å². The molecular weight excluding hydrogens is 178 g/mol. The molecule has 0 aromatic carbocycles. The van der Waals surface area contributed by atoms with Gasteiger partial charge in [-0.2, -0.15) is 0 Å². The van der Waals surface area contributed by atoms with Crippen LogP contribution in [0.15, 0.2) is 17.2 Å². The molecule has 0 aliphatic heterocycles. The summed E-state index contributed by atoms with van der Waals surface area (Å²) in [6, 6.07) is 0. The van der Waals surface area contributed by atoms with Crippen molar-refractivity contribution in [1.29, 1.82) is 0 Å². The Bertz CT molecular complexity index is 313. The molecule has 0 atom stereocenters. The van der Waals surface area contributed by atoms with E-state index in [-0.39, 0.29) is 5.69 Å². The van der Waals surface area contributed by atoms with Crippen molar-refractivity contribution >= 4 is 0 Å². The number of nitrogens with zero attached hydrogens (tertiary/aromatic N) is 2. The third-order valence-electron chi connectivity index (χ3n) is 2.21. The number of imidazole rings is 1. The summed E-state index contributed by atoms with van der Waals surface area (Å²) in [7, 11) is 0. The van der Waals surface area contributed by atoms with Crippen LogP contribution in [0.25, 0.3) is 0 Å². The van der Waals surface area contributed by atoms with Crippen molar-refractivity contribution in [3.63, 3.8) is 0 Å². The molecule has 0 fully saturated rings. The molecule has 0 saturated carbocycles. The first-order valence-corrected chi connectivity index (χ1v) is 5.25. The first-order valence-electron chi connectivity index (χ1n) is 5.25. The van der Waals surface area contributed by atoms with Gasteiger partial charge in [-0.25, -0.2) is 4.79 Å². The van der Waals surface area contributed by atoms with Crippen LogP contribution in [-0.2, 0) is 13.1 Å². The molecule has 0 bridgehead atoms. The van der Waals surface area contributed by atoms with Gasteiger partial charge in [-0.05, 0) is 19.9 Å². The van der Waals surface area contributed by atoms with E-state index in [4.69, 9.17) is 0 Å². The molecule has 4 nitrogen and oxygen atoms in total. The van der Waals surface area contributed by atoms with E-state index in [1.807, 2.05) is 19.3 Å². The van der Waals surface area contributed by atoms with Crippen LogP contribution in [0.4, 0.5) is 0 Å². The zero-order valence-electron chi connectivity index (χ0n) is 8.99. The van der Waals surface area contributed by atoms with E-state index < -0.39 is 0 Å². The molecule has 0 unspecified atom stereocenters. The van der Waals surface area contributed by atoms with Crippen LogP contribution in [0.2, 0.25) is 0 Å². The SMILES string of the molecule is CCCNCCn1ccn(CC)c1=O. The van der Waals surface area contributed by atoms with Crippen molar-refractivity contribution in [2.45, 2.75) is 33.4 Å². The number of rotatable bonds is 6. The van der Waals surface area contributed by atoms with Crippen molar-refractivity contribution < 1.29 is 0 Å². The highest BCUT2D eigenvalue weighted by Gasteiger charge is 1.99. The summed E-state index contributed by atoms with van der Waals surface area (Å²) >= 11 is 0. The Labute approximate surface area is 84.5 Å². The molecule has 1 aromatic heterocycles. The van der Waals surface area contributed by atoms with Crippen molar-refractivity contribution in [2.24, 2.45) is 0 Å². The first kappa shape index (κ1) is 11.0. The van der Waals surface area contributed by atoms with E-state index in [2.05, 4.69) is 12.2 Å². The number of aromatic nitrogens is 2. The number of aryl methyl sites for hydroxylation is 1. The third kappa shape index (κ3) is 2.73. The fourth-order valence-electron chi connectivity index (χ4n) is 1.37. The lowest BCUT2D eigenvalue weighted by Gasteiger charge is -2.02. The predicted octanol–water partition coefficient (Wildman–Crippen LogP) is 0.669. The Balaban J connectivity index is 2.43. The van der Waals surface area contributed by atoms with Crippen LogP contribution >= 0.6 is 0 Å². The lowest BCUT2D eigenvalue weighted by molar-refractivity contribution is 0.569. The van der Waals surface area contributed by atoms with Crippen LogP contribution in [-0.4, -0.2) is 22.2 Å². The molecule has 0 aliphatic carbocycles. The van der Waals surface area contributed by atoms with Crippen molar-refractivity contribution in [2.75, 3.05) is 13.1 Å². The summed E-state index contributed by atoms with van der Waals surface area (Å²) in [4.78, 5) is 11.6. The third-order valence-corrected chi connectivity index (χ3v) is 2.21. The van der Waals surface area contributed by atoms with E-state index >= 15 is 0 Å². The van der Waals surface area contributed by atoms with Crippen molar-refractivity contribution in [3.05, 3.63) is 22.9 Å². The molecular formula is C10H19N3O. The van der Waals surface area contributed by atoms with E-state index in [1.54, 1.807) is 9.13 Å². The Morgan fingerprint density at radius 2 is 1.93 bits per heavy atom. The molecule has 1 aromatic rings. The molecule has 0 saturated heterocycles. The van der Waals surface area contributed by atoms with Gasteiger partial charge in [-0.3, -0.25) is 9.13 Å². The first-order chi connectivity index (χ1) is 6.79. The molecule has 1 N–H and O–H groups in total. The van der Waals surface area contributed by atoms with Crippen molar-refractivity contribution in [3.8, 4) is 0 Å². The average Bonchev–Trinajstić information content (AvgIpc) is 2.55. The molecule has 0 amide bonds. The lowest BCUT2D eigenvalue weighted by atomic mass is 10.5. The van der Waals surface area contributed by atoms with Gasteiger partial charge in [0.2, 0.25) is 0 Å². The maximum absolute atomic E-state index is 11.6. The maximum Gasteiger partial charge on any atom is 0.328 e. The second-order valence-corrected chi connectivity index (χ2v) is 3.31. The fourth-order valence-corrected chi connectivity index (χ4v) is 1.37. The standard InChI is InChI=1S/C10H19N3O/c1-3-5-11-6-7-13-9-8-12(4-2)10(13)14/h8-9,11H,3-7H2,1-2H3. The van der Waals surface area contributed by atoms with Gasteiger partial charge in [-0.15, -0.1) is 0 Å². The smallest absolute Gasteiger partial charge is 0.315 e.